The van der Waals surface area contributed by atoms with Gasteiger partial charge in [0.1, 0.15) is 12.3 Å². The molecule has 0 radical (unpaired) electrons. The highest BCUT2D eigenvalue weighted by atomic mass is 32.1. The molecule has 0 spiro atoms. The molecule has 1 saturated heterocycles. The first-order valence-corrected chi connectivity index (χ1v) is 12.4. The van der Waals surface area contributed by atoms with E-state index in [1.54, 1.807) is 12.0 Å². The van der Waals surface area contributed by atoms with E-state index in [1.165, 1.54) is 11.3 Å². The number of hydrogen-bond acceptors (Lipinski definition) is 7. The van der Waals surface area contributed by atoms with Gasteiger partial charge in [0.25, 0.3) is 5.91 Å². The number of amides is 2. The maximum atomic E-state index is 13.0. The Labute approximate surface area is 202 Å². The molecule has 8 nitrogen and oxygen atoms in total. The zero-order valence-electron chi connectivity index (χ0n) is 19.1. The molecule has 3 aromatic rings. The van der Waals surface area contributed by atoms with E-state index in [0.29, 0.717) is 31.1 Å². The highest BCUT2D eigenvalue weighted by Crippen LogP contribution is 2.29. The van der Waals surface area contributed by atoms with Gasteiger partial charge in [0.05, 0.1) is 17.7 Å². The number of methoxy groups -OCH3 is 1. The van der Waals surface area contributed by atoms with E-state index in [4.69, 9.17) is 4.74 Å². The summed E-state index contributed by atoms with van der Waals surface area (Å²) < 4.78 is 5.29. The highest BCUT2D eigenvalue weighted by molar-refractivity contribution is 7.12. The average Bonchev–Trinajstić information content (AvgIpc) is 3.59. The second-order valence-electron chi connectivity index (χ2n) is 8.52. The number of carbonyl (C=O) groups is 2. The summed E-state index contributed by atoms with van der Waals surface area (Å²) in [7, 11) is 1.64. The number of hydrogen-bond donors (Lipinski definition) is 0. The molecule has 2 aliphatic rings. The fraction of sp³-hybridized carbons (Fsp3) is 0.360. The normalized spacial score (nSPS) is 15.8. The topological polar surface area (TPSA) is 78.9 Å². The van der Waals surface area contributed by atoms with Gasteiger partial charge in [-0.25, -0.2) is 0 Å². The van der Waals surface area contributed by atoms with Gasteiger partial charge < -0.3 is 19.4 Å². The Morgan fingerprint density at radius 3 is 2.53 bits per heavy atom. The number of piperazine rings is 1. The third-order valence-corrected chi connectivity index (χ3v) is 7.12. The van der Waals surface area contributed by atoms with Gasteiger partial charge >= 0.3 is 0 Å². The Hall–Kier alpha value is -3.46. The van der Waals surface area contributed by atoms with Crippen LogP contribution in [0.5, 0.6) is 5.75 Å². The number of anilines is 1. The third kappa shape index (κ3) is 4.89. The minimum Gasteiger partial charge on any atom is -0.497 e. The van der Waals surface area contributed by atoms with Crippen molar-refractivity contribution in [2.24, 2.45) is 0 Å². The first kappa shape index (κ1) is 22.3. The van der Waals surface area contributed by atoms with Crippen LogP contribution in [0.1, 0.15) is 22.5 Å². The van der Waals surface area contributed by atoms with E-state index in [9.17, 15) is 9.59 Å². The Morgan fingerprint density at radius 2 is 1.88 bits per heavy atom. The maximum absolute atomic E-state index is 13.0. The Morgan fingerprint density at radius 1 is 1.06 bits per heavy atom. The second kappa shape index (κ2) is 9.80. The highest BCUT2D eigenvalue weighted by Gasteiger charge is 2.36. The zero-order chi connectivity index (χ0) is 23.5. The molecule has 0 N–H and O–H groups in total. The molecular weight excluding hydrogens is 450 g/mol. The summed E-state index contributed by atoms with van der Waals surface area (Å²) in [5.41, 5.74) is 1.73. The van der Waals surface area contributed by atoms with Gasteiger partial charge in [-0.15, -0.1) is 21.5 Å². The molecule has 0 atom stereocenters. The van der Waals surface area contributed by atoms with Gasteiger partial charge in [-0.05, 0) is 48.6 Å². The smallest absolute Gasteiger partial charge is 0.264 e. The number of ether oxygens (including phenoxy) is 1. The largest absolute Gasteiger partial charge is 0.497 e. The van der Waals surface area contributed by atoms with Gasteiger partial charge in [-0.1, -0.05) is 18.2 Å². The molecule has 2 fully saturated rings. The lowest BCUT2D eigenvalue weighted by Gasteiger charge is -2.36. The summed E-state index contributed by atoms with van der Waals surface area (Å²) in [6.07, 6.45) is 1.95. The van der Waals surface area contributed by atoms with Crippen molar-refractivity contribution < 1.29 is 14.3 Å². The monoisotopic (exact) mass is 477 g/mol. The summed E-state index contributed by atoms with van der Waals surface area (Å²) in [4.78, 5) is 32.3. The lowest BCUT2D eigenvalue weighted by molar-refractivity contribution is -0.132. The molecule has 5 rings (SSSR count). The van der Waals surface area contributed by atoms with Crippen LogP contribution >= 0.6 is 11.3 Å². The molecule has 0 unspecified atom stereocenters. The number of nitrogens with zero attached hydrogens (tertiary/aromatic N) is 5. The van der Waals surface area contributed by atoms with Crippen LogP contribution in [0.3, 0.4) is 0 Å². The van der Waals surface area contributed by atoms with Crippen LogP contribution in [0.4, 0.5) is 5.82 Å². The van der Waals surface area contributed by atoms with Crippen LogP contribution < -0.4 is 9.64 Å². The SMILES string of the molecule is COc1cccc(-c2ccc(N3CCN(C(=O)CN(C(=O)c4cccs4)C4CC4)CC3)nn2)c1. The molecular formula is C25H27N5O3S. The molecule has 1 aliphatic carbocycles. The number of carbonyl (C=O) groups excluding carboxylic acids is 2. The van der Waals surface area contributed by atoms with E-state index >= 15 is 0 Å². The number of thiophene rings is 1. The molecule has 2 aromatic heterocycles. The summed E-state index contributed by atoms with van der Waals surface area (Å²) in [5, 5.41) is 10.7. The van der Waals surface area contributed by atoms with Crippen LogP contribution in [0, 0.1) is 0 Å². The van der Waals surface area contributed by atoms with E-state index in [2.05, 4.69) is 15.1 Å². The minimum absolute atomic E-state index is 0.0101. The molecule has 2 amide bonds. The van der Waals surface area contributed by atoms with Crippen molar-refractivity contribution in [3.63, 3.8) is 0 Å². The van der Waals surface area contributed by atoms with Crippen molar-refractivity contribution in [1.82, 2.24) is 20.0 Å². The van der Waals surface area contributed by atoms with Crippen molar-refractivity contribution in [2.75, 3.05) is 44.7 Å². The lowest BCUT2D eigenvalue weighted by atomic mass is 10.1. The van der Waals surface area contributed by atoms with Crippen LogP contribution in [0.15, 0.2) is 53.9 Å². The standard InChI is InChI=1S/C25H27N5O3S/c1-33-20-5-2-4-18(16-20)21-9-10-23(27-26-21)28-11-13-29(14-12-28)24(31)17-30(19-7-8-19)25(32)22-6-3-15-34-22/h2-6,9-10,15-16,19H,7-8,11-14,17H2,1H3. The van der Waals surface area contributed by atoms with Crippen molar-refractivity contribution in [1.29, 1.82) is 0 Å². The van der Waals surface area contributed by atoms with Crippen LogP contribution in [-0.4, -0.2) is 77.7 Å². The molecule has 1 aliphatic heterocycles. The van der Waals surface area contributed by atoms with E-state index in [0.717, 1.165) is 35.7 Å². The second-order valence-corrected chi connectivity index (χ2v) is 9.47. The van der Waals surface area contributed by atoms with Crippen molar-refractivity contribution >= 4 is 29.0 Å². The van der Waals surface area contributed by atoms with Gasteiger partial charge in [0.2, 0.25) is 5.91 Å². The van der Waals surface area contributed by atoms with Gasteiger partial charge in [0, 0.05) is 37.8 Å². The average molecular weight is 478 g/mol. The van der Waals surface area contributed by atoms with Crippen molar-refractivity contribution in [3.8, 4) is 17.0 Å². The summed E-state index contributed by atoms with van der Waals surface area (Å²) in [5.74, 6) is 1.56. The van der Waals surface area contributed by atoms with Crippen molar-refractivity contribution in [3.05, 3.63) is 58.8 Å². The molecule has 1 saturated carbocycles. The van der Waals surface area contributed by atoms with Crippen LogP contribution in [-0.2, 0) is 4.79 Å². The fourth-order valence-corrected chi connectivity index (χ4v) is 4.83. The molecule has 3 heterocycles. The van der Waals surface area contributed by atoms with E-state index in [-0.39, 0.29) is 24.4 Å². The number of aromatic nitrogens is 2. The Bertz CT molecular complexity index is 1140. The Kier molecular flexibility index (Phi) is 6.44. The van der Waals surface area contributed by atoms with E-state index in [1.807, 2.05) is 58.8 Å². The number of benzene rings is 1. The molecule has 176 valence electrons. The quantitative estimate of drug-likeness (QED) is 0.520. The van der Waals surface area contributed by atoms with Gasteiger partial charge in [-0.3, -0.25) is 9.59 Å². The van der Waals surface area contributed by atoms with Crippen LogP contribution in [0.2, 0.25) is 0 Å². The predicted octanol–water partition coefficient (Wildman–Crippen LogP) is 3.17. The molecule has 0 bridgehead atoms. The summed E-state index contributed by atoms with van der Waals surface area (Å²) >= 11 is 1.42. The number of rotatable bonds is 7. The predicted molar refractivity (Wildman–Crippen MR) is 131 cm³/mol. The van der Waals surface area contributed by atoms with Crippen LogP contribution in [0.25, 0.3) is 11.3 Å². The minimum atomic E-state index is -0.0316. The van der Waals surface area contributed by atoms with Gasteiger partial charge in [0.15, 0.2) is 5.82 Å². The first-order chi connectivity index (χ1) is 16.6. The van der Waals surface area contributed by atoms with E-state index < -0.39 is 0 Å². The Balaban J connectivity index is 1.17. The molecule has 1 aromatic carbocycles. The summed E-state index contributed by atoms with van der Waals surface area (Å²) in [6.45, 7) is 2.71. The van der Waals surface area contributed by atoms with Crippen molar-refractivity contribution in [2.45, 2.75) is 18.9 Å². The fourth-order valence-electron chi connectivity index (χ4n) is 4.16. The molecule has 9 heteroatoms. The summed E-state index contributed by atoms with van der Waals surface area (Å²) in [6, 6.07) is 15.5. The maximum Gasteiger partial charge on any atom is 0.264 e. The third-order valence-electron chi connectivity index (χ3n) is 6.26. The lowest BCUT2D eigenvalue weighted by Crippen LogP contribution is -2.52. The first-order valence-electron chi connectivity index (χ1n) is 11.5. The zero-order valence-corrected chi connectivity index (χ0v) is 19.9. The molecule has 34 heavy (non-hydrogen) atoms. The van der Waals surface area contributed by atoms with Gasteiger partial charge in [-0.2, -0.15) is 0 Å².